The van der Waals surface area contributed by atoms with Crippen molar-refractivity contribution in [2.45, 2.75) is 76.0 Å². The second kappa shape index (κ2) is 9.75. The number of amides is 1. The number of hydrogen-bond donors (Lipinski definition) is 0. The summed E-state index contributed by atoms with van der Waals surface area (Å²) in [6.07, 6.45) is 6.44. The first-order valence-electron chi connectivity index (χ1n) is 13.3. The third-order valence-corrected chi connectivity index (χ3v) is 7.93. The molecule has 200 valence electrons. The van der Waals surface area contributed by atoms with Gasteiger partial charge < -0.3 is 14.2 Å². The molecule has 0 N–H and O–H groups in total. The van der Waals surface area contributed by atoms with Gasteiger partial charge in [-0.3, -0.25) is 4.79 Å². The van der Waals surface area contributed by atoms with E-state index in [1.54, 1.807) is 17.0 Å². The Morgan fingerprint density at radius 2 is 1.82 bits per heavy atom. The molecule has 0 atom stereocenters. The Balaban J connectivity index is 1.12. The fourth-order valence-corrected chi connectivity index (χ4v) is 5.81. The zero-order valence-corrected chi connectivity index (χ0v) is 21.0. The number of nitrogens with zero attached hydrogens (tertiary/aromatic N) is 3. The lowest BCUT2D eigenvalue weighted by molar-refractivity contribution is -0.211. The predicted molar refractivity (Wildman–Crippen MR) is 135 cm³/mol. The van der Waals surface area contributed by atoms with Crippen molar-refractivity contribution in [2.24, 2.45) is 5.41 Å². The van der Waals surface area contributed by atoms with Crippen LogP contribution in [0.1, 0.15) is 69.0 Å². The molecule has 2 bridgehead atoms. The van der Waals surface area contributed by atoms with Crippen LogP contribution >= 0.6 is 0 Å². The topological polar surface area (TPSA) is 68.5 Å². The van der Waals surface area contributed by atoms with Gasteiger partial charge in [0.05, 0.1) is 5.41 Å². The number of anilines is 1. The summed E-state index contributed by atoms with van der Waals surface area (Å²) in [6, 6.07) is 14.0. The number of hydrogen-bond acceptors (Lipinski definition) is 5. The number of alkyl halides is 3. The highest BCUT2D eigenvalue weighted by Gasteiger charge is 2.73. The van der Waals surface area contributed by atoms with E-state index in [1.807, 2.05) is 24.3 Å². The second-order valence-corrected chi connectivity index (χ2v) is 11.0. The second-order valence-electron chi connectivity index (χ2n) is 11.0. The van der Waals surface area contributed by atoms with Crippen LogP contribution in [-0.2, 0) is 11.2 Å². The molecule has 4 aliphatic rings. The van der Waals surface area contributed by atoms with E-state index in [0.29, 0.717) is 44.0 Å². The average molecular weight is 526 g/mol. The largest absolute Gasteiger partial charge is 0.435 e. The molecule has 2 aromatic carbocycles. The first-order valence-corrected chi connectivity index (χ1v) is 13.3. The fraction of sp³-hybridized carbons (Fsp3) is 0.483. The van der Waals surface area contributed by atoms with Gasteiger partial charge in [-0.05, 0) is 80.3 Å². The van der Waals surface area contributed by atoms with Gasteiger partial charge in [0.2, 0.25) is 11.8 Å². The summed E-state index contributed by atoms with van der Waals surface area (Å²) in [4.78, 5) is 19.9. The molecule has 4 saturated carbocycles. The average Bonchev–Trinajstić information content (AvgIpc) is 3.61. The molecule has 6 nitrogen and oxygen atoms in total. The minimum atomic E-state index is -2.88. The molecule has 0 saturated heterocycles. The lowest BCUT2D eigenvalue weighted by atomic mass is 9.42. The molecule has 4 aliphatic carbocycles. The maximum absolute atomic E-state index is 14.3. The summed E-state index contributed by atoms with van der Waals surface area (Å²) < 4.78 is 49.0. The van der Waals surface area contributed by atoms with Crippen LogP contribution in [0.4, 0.5) is 18.9 Å². The molecular weight excluding hydrogens is 495 g/mol. The Morgan fingerprint density at radius 3 is 2.50 bits per heavy atom. The van der Waals surface area contributed by atoms with Crippen molar-refractivity contribution in [1.82, 2.24) is 10.1 Å². The maximum atomic E-state index is 14.3. The highest BCUT2D eigenvalue weighted by molar-refractivity contribution is 6.00. The monoisotopic (exact) mass is 525 g/mol. The van der Waals surface area contributed by atoms with Gasteiger partial charge in [0.15, 0.2) is 5.82 Å². The molecule has 0 unspecified atom stereocenters. The van der Waals surface area contributed by atoms with E-state index >= 15 is 0 Å². The molecule has 0 radical (unpaired) electrons. The van der Waals surface area contributed by atoms with Crippen LogP contribution in [0, 0.1) is 5.41 Å². The molecule has 7 rings (SSSR count). The highest BCUT2D eigenvalue weighted by Crippen LogP contribution is 2.70. The quantitative estimate of drug-likeness (QED) is 0.242. The van der Waals surface area contributed by atoms with Crippen molar-refractivity contribution < 1.29 is 27.2 Å². The van der Waals surface area contributed by atoms with Gasteiger partial charge >= 0.3 is 6.61 Å². The summed E-state index contributed by atoms with van der Waals surface area (Å²) >= 11 is 0. The molecule has 0 aliphatic heterocycles. The van der Waals surface area contributed by atoms with E-state index in [2.05, 4.69) is 14.9 Å². The molecule has 0 spiro atoms. The number of rotatable bonds is 12. The van der Waals surface area contributed by atoms with Crippen LogP contribution in [0.15, 0.2) is 53.1 Å². The first-order chi connectivity index (χ1) is 18.3. The van der Waals surface area contributed by atoms with Crippen LogP contribution < -0.4 is 9.64 Å². The van der Waals surface area contributed by atoms with E-state index in [4.69, 9.17) is 4.52 Å². The van der Waals surface area contributed by atoms with Gasteiger partial charge in [-0.15, -0.1) is 0 Å². The summed E-state index contributed by atoms with van der Waals surface area (Å²) in [5.74, 6) is 2.02. The van der Waals surface area contributed by atoms with Crippen molar-refractivity contribution in [2.75, 3.05) is 11.4 Å². The highest BCUT2D eigenvalue weighted by atomic mass is 19.3. The third kappa shape index (κ3) is 5.02. The van der Waals surface area contributed by atoms with E-state index in [1.165, 1.54) is 12.1 Å². The number of unbranched alkanes of at least 4 members (excludes halogenated alkanes) is 2. The Labute approximate surface area is 219 Å². The van der Waals surface area contributed by atoms with Crippen LogP contribution in [0.3, 0.4) is 0 Å². The summed E-state index contributed by atoms with van der Waals surface area (Å²) in [6.45, 7) is -2.35. The molecular formula is C29H30F3N3O3. The predicted octanol–water partition coefficient (Wildman–Crippen LogP) is 6.85. The van der Waals surface area contributed by atoms with Crippen LogP contribution in [0.25, 0.3) is 11.1 Å². The van der Waals surface area contributed by atoms with Crippen molar-refractivity contribution in [3.8, 4) is 16.9 Å². The maximum Gasteiger partial charge on any atom is 0.387 e. The normalized spacial score (nSPS) is 23.6. The van der Waals surface area contributed by atoms with Crippen molar-refractivity contribution in [3.63, 3.8) is 0 Å². The zero-order chi connectivity index (χ0) is 26.3. The molecule has 38 heavy (non-hydrogen) atoms. The van der Waals surface area contributed by atoms with Gasteiger partial charge in [0.25, 0.3) is 0 Å². The summed E-state index contributed by atoms with van der Waals surface area (Å²) in [5.41, 5.74) is 0.686. The number of aromatic nitrogens is 2. The van der Waals surface area contributed by atoms with Crippen LogP contribution in [-0.4, -0.2) is 34.9 Å². The molecule has 1 heterocycles. The number of carbonyl (C=O) groups is 1. The van der Waals surface area contributed by atoms with E-state index < -0.39 is 17.7 Å². The van der Waals surface area contributed by atoms with Gasteiger partial charge in [0, 0.05) is 24.6 Å². The number of carbonyl (C=O) groups excluding carboxylic acids is 1. The Hall–Kier alpha value is -3.36. The lowest BCUT2D eigenvalue weighted by Crippen LogP contribution is -2.70. The smallest absolute Gasteiger partial charge is 0.387 e. The number of ether oxygens (including phenoxy) is 1. The van der Waals surface area contributed by atoms with Crippen molar-refractivity contribution >= 4 is 11.6 Å². The van der Waals surface area contributed by atoms with Gasteiger partial charge in [-0.2, -0.15) is 13.8 Å². The van der Waals surface area contributed by atoms with Crippen molar-refractivity contribution in [1.29, 1.82) is 0 Å². The Morgan fingerprint density at radius 1 is 1.05 bits per heavy atom. The third-order valence-electron chi connectivity index (χ3n) is 7.93. The van der Waals surface area contributed by atoms with Gasteiger partial charge in [0.1, 0.15) is 11.4 Å². The van der Waals surface area contributed by atoms with E-state index in [-0.39, 0.29) is 11.7 Å². The number of aryl methyl sites for hydroxylation is 1. The molecule has 1 aromatic heterocycles. The van der Waals surface area contributed by atoms with E-state index in [9.17, 15) is 18.0 Å². The summed E-state index contributed by atoms with van der Waals surface area (Å²) in [5, 5.41) is 4.06. The number of halogens is 3. The number of benzene rings is 2. The Bertz CT molecular complexity index is 1290. The fourth-order valence-electron chi connectivity index (χ4n) is 5.81. The van der Waals surface area contributed by atoms with Crippen LogP contribution in [0.5, 0.6) is 5.75 Å². The van der Waals surface area contributed by atoms with E-state index in [0.717, 1.165) is 54.7 Å². The SMILES string of the molecule is O=C(N(CCCCCc1nc(C2CC2)no1)c1cccc(-c2ccc(OC(F)F)cc2)c1)C12CC(F)(C1)C2. The van der Waals surface area contributed by atoms with Crippen molar-refractivity contribution in [3.05, 3.63) is 60.2 Å². The Kier molecular flexibility index (Phi) is 6.40. The standard InChI is InChI=1S/C29H30F3N3O3/c30-27(31)37-23-12-10-19(11-13-23)21-5-4-6-22(15-21)35(26(36)28-16-29(32,17-28)18-28)14-3-1-2-7-24-33-25(34-38-24)20-8-9-20/h4-6,10-13,15,20,27H,1-3,7-9,14,16-18H2. The molecule has 3 aromatic rings. The minimum Gasteiger partial charge on any atom is -0.435 e. The zero-order valence-electron chi connectivity index (χ0n) is 21.0. The summed E-state index contributed by atoms with van der Waals surface area (Å²) in [7, 11) is 0. The molecule has 4 fully saturated rings. The first kappa shape index (κ1) is 24.9. The van der Waals surface area contributed by atoms with Gasteiger partial charge in [-0.1, -0.05) is 35.8 Å². The molecule has 9 heteroatoms. The van der Waals surface area contributed by atoms with Gasteiger partial charge in [-0.25, -0.2) is 4.39 Å². The molecule has 1 amide bonds. The van der Waals surface area contributed by atoms with Crippen LogP contribution in [0.2, 0.25) is 0 Å². The minimum absolute atomic E-state index is 0.0131. The lowest BCUT2D eigenvalue weighted by Gasteiger charge is -2.65.